The lowest BCUT2D eigenvalue weighted by Crippen LogP contribution is -2.08. The summed E-state index contributed by atoms with van der Waals surface area (Å²) in [7, 11) is 0. The molecule has 0 N–H and O–H groups in total. The first-order valence-corrected chi connectivity index (χ1v) is 7.05. The Balaban J connectivity index is 0.000000202. The zero-order chi connectivity index (χ0) is 13.1. The maximum Gasteiger partial charge on any atom is 0.126 e. The molecule has 0 heterocycles. The average Bonchev–Trinajstić information content (AvgIpc) is 3.19. The zero-order valence-electron chi connectivity index (χ0n) is 11.3. The molecule has 3 rings (SSSR count). The third-order valence-corrected chi connectivity index (χ3v) is 4.06. The normalized spacial score (nSPS) is 21.9. The maximum atomic E-state index is 13.4. The Morgan fingerprint density at radius 3 is 2.50 bits per heavy atom. The minimum absolute atomic E-state index is 0.215. The summed E-state index contributed by atoms with van der Waals surface area (Å²) in [5, 5.41) is 0. The predicted molar refractivity (Wildman–Crippen MR) is 70.9 cm³/mol. The van der Waals surface area contributed by atoms with Crippen LogP contribution in [-0.4, -0.2) is 0 Å². The van der Waals surface area contributed by atoms with E-state index >= 15 is 0 Å². The Morgan fingerprint density at radius 1 is 1.22 bits per heavy atom. The highest BCUT2D eigenvalue weighted by atomic mass is 19.1. The molecular formula is C16H22F2. The molecule has 0 unspecified atom stereocenters. The van der Waals surface area contributed by atoms with Gasteiger partial charge in [-0.3, -0.25) is 0 Å². The van der Waals surface area contributed by atoms with Crippen LogP contribution in [0.3, 0.4) is 0 Å². The molecule has 0 bridgehead atoms. The summed E-state index contributed by atoms with van der Waals surface area (Å²) in [5.74, 6) is 0.919. The topological polar surface area (TPSA) is 0 Å². The summed E-state index contributed by atoms with van der Waals surface area (Å²) >= 11 is 0. The lowest BCUT2D eigenvalue weighted by atomic mass is 9.87. The van der Waals surface area contributed by atoms with E-state index < -0.39 is 6.17 Å². The Hall–Kier alpha value is -0.920. The van der Waals surface area contributed by atoms with Crippen molar-refractivity contribution in [3.05, 3.63) is 34.6 Å². The monoisotopic (exact) mass is 252 g/mol. The van der Waals surface area contributed by atoms with E-state index in [2.05, 4.69) is 6.92 Å². The Kier molecular flexibility index (Phi) is 4.36. The van der Waals surface area contributed by atoms with Crippen molar-refractivity contribution in [2.45, 2.75) is 58.5 Å². The van der Waals surface area contributed by atoms with Gasteiger partial charge in [0, 0.05) is 0 Å². The molecule has 18 heavy (non-hydrogen) atoms. The van der Waals surface area contributed by atoms with Crippen LogP contribution < -0.4 is 0 Å². The standard InChI is InChI=1S/C11H12F2.C5H10/c1-7-8-3-2-4-11(13)9(8)5-6-10(7)12;1-2-5-3-4-5/h5-6,11H,2-4H2,1H3;5H,2-4H2,1H3/t11-;/m0./s1. The lowest BCUT2D eigenvalue weighted by molar-refractivity contribution is 0.301. The van der Waals surface area contributed by atoms with Crippen LogP contribution in [0.5, 0.6) is 0 Å². The fourth-order valence-electron chi connectivity index (χ4n) is 2.51. The van der Waals surface area contributed by atoms with Crippen molar-refractivity contribution < 1.29 is 8.78 Å². The second-order valence-corrected chi connectivity index (χ2v) is 5.45. The van der Waals surface area contributed by atoms with Gasteiger partial charge < -0.3 is 0 Å². The molecule has 1 aromatic rings. The van der Waals surface area contributed by atoms with Gasteiger partial charge in [-0.15, -0.1) is 0 Å². The zero-order valence-corrected chi connectivity index (χ0v) is 11.3. The Morgan fingerprint density at radius 2 is 1.94 bits per heavy atom. The van der Waals surface area contributed by atoms with Gasteiger partial charge in [0.1, 0.15) is 12.0 Å². The maximum absolute atomic E-state index is 13.4. The van der Waals surface area contributed by atoms with Crippen LogP contribution in [0.4, 0.5) is 8.78 Å². The van der Waals surface area contributed by atoms with Crippen LogP contribution in [0.25, 0.3) is 0 Å². The number of alkyl halides is 1. The summed E-state index contributed by atoms with van der Waals surface area (Å²) in [5.41, 5.74) is 2.21. The Bertz CT molecular complexity index is 408. The third-order valence-electron chi connectivity index (χ3n) is 4.06. The fourth-order valence-corrected chi connectivity index (χ4v) is 2.51. The first kappa shape index (κ1) is 13.5. The van der Waals surface area contributed by atoms with E-state index in [9.17, 15) is 8.78 Å². The molecule has 0 saturated heterocycles. The first-order valence-electron chi connectivity index (χ1n) is 7.05. The number of benzene rings is 1. The summed E-state index contributed by atoms with van der Waals surface area (Å²) < 4.78 is 26.5. The first-order chi connectivity index (χ1) is 8.63. The van der Waals surface area contributed by atoms with E-state index in [0.29, 0.717) is 17.5 Å². The molecule has 2 aliphatic rings. The average molecular weight is 252 g/mol. The van der Waals surface area contributed by atoms with Gasteiger partial charge in [0.15, 0.2) is 0 Å². The molecule has 0 aliphatic heterocycles. The van der Waals surface area contributed by atoms with Crippen molar-refractivity contribution in [3.8, 4) is 0 Å². The number of fused-ring (bicyclic) bond motifs is 1. The summed E-state index contributed by atoms with van der Waals surface area (Å²) in [6.07, 6.45) is 5.78. The molecule has 1 saturated carbocycles. The highest BCUT2D eigenvalue weighted by molar-refractivity contribution is 5.38. The number of halogens is 2. The smallest absolute Gasteiger partial charge is 0.126 e. The second-order valence-electron chi connectivity index (χ2n) is 5.45. The number of hydrogen-bond acceptors (Lipinski definition) is 0. The largest absolute Gasteiger partial charge is 0.242 e. The highest BCUT2D eigenvalue weighted by Crippen LogP contribution is 2.34. The van der Waals surface area contributed by atoms with Crippen LogP contribution in [0.2, 0.25) is 0 Å². The summed E-state index contributed by atoms with van der Waals surface area (Å²) in [6, 6.07) is 2.95. The molecule has 2 aliphatic carbocycles. The van der Waals surface area contributed by atoms with Crippen molar-refractivity contribution in [2.75, 3.05) is 0 Å². The van der Waals surface area contributed by atoms with Crippen LogP contribution in [0.1, 0.15) is 61.9 Å². The van der Waals surface area contributed by atoms with Crippen molar-refractivity contribution in [1.29, 1.82) is 0 Å². The molecule has 1 fully saturated rings. The lowest BCUT2D eigenvalue weighted by Gasteiger charge is -2.21. The van der Waals surface area contributed by atoms with Crippen LogP contribution in [0, 0.1) is 18.7 Å². The minimum Gasteiger partial charge on any atom is -0.242 e. The summed E-state index contributed by atoms with van der Waals surface area (Å²) in [6.45, 7) is 3.99. The minimum atomic E-state index is -0.886. The van der Waals surface area contributed by atoms with Gasteiger partial charge in [0.25, 0.3) is 0 Å². The van der Waals surface area contributed by atoms with Gasteiger partial charge in [0.05, 0.1) is 0 Å². The highest BCUT2D eigenvalue weighted by Gasteiger charge is 2.21. The fraction of sp³-hybridized carbons (Fsp3) is 0.625. The molecule has 0 radical (unpaired) electrons. The van der Waals surface area contributed by atoms with Crippen molar-refractivity contribution >= 4 is 0 Å². The molecule has 1 aromatic carbocycles. The quantitative estimate of drug-likeness (QED) is 0.637. The van der Waals surface area contributed by atoms with Crippen LogP contribution >= 0.6 is 0 Å². The van der Waals surface area contributed by atoms with E-state index in [1.165, 1.54) is 25.3 Å². The van der Waals surface area contributed by atoms with Crippen molar-refractivity contribution in [3.63, 3.8) is 0 Å². The van der Waals surface area contributed by atoms with E-state index in [1.54, 1.807) is 13.0 Å². The Labute approximate surface area is 108 Å². The SMILES string of the molecule is CCC1CC1.Cc1c(F)ccc2c1CCC[C@@H]2F. The molecular weight excluding hydrogens is 230 g/mol. The van der Waals surface area contributed by atoms with Gasteiger partial charge in [0.2, 0.25) is 0 Å². The van der Waals surface area contributed by atoms with E-state index in [-0.39, 0.29) is 5.82 Å². The van der Waals surface area contributed by atoms with Gasteiger partial charge >= 0.3 is 0 Å². The van der Waals surface area contributed by atoms with Crippen molar-refractivity contribution in [1.82, 2.24) is 0 Å². The molecule has 0 spiro atoms. The van der Waals surface area contributed by atoms with E-state index in [1.807, 2.05) is 0 Å². The predicted octanol–water partition coefficient (Wildman–Crippen LogP) is 5.29. The number of rotatable bonds is 1. The van der Waals surface area contributed by atoms with Gasteiger partial charge in [-0.05, 0) is 54.9 Å². The van der Waals surface area contributed by atoms with Gasteiger partial charge in [-0.1, -0.05) is 32.3 Å². The second kappa shape index (κ2) is 5.81. The third kappa shape index (κ3) is 3.09. The van der Waals surface area contributed by atoms with Crippen LogP contribution in [-0.2, 0) is 6.42 Å². The molecule has 0 amide bonds. The van der Waals surface area contributed by atoms with E-state index in [4.69, 9.17) is 0 Å². The molecule has 0 aromatic heterocycles. The van der Waals surface area contributed by atoms with Gasteiger partial charge in [-0.25, -0.2) is 8.78 Å². The van der Waals surface area contributed by atoms with Crippen molar-refractivity contribution in [2.24, 2.45) is 5.92 Å². The van der Waals surface area contributed by atoms with Gasteiger partial charge in [-0.2, -0.15) is 0 Å². The van der Waals surface area contributed by atoms with Crippen LogP contribution in [0.15, 0.2) is 12.1 Å². The molecule has 2 heteroatoms. The van der Waals surface area contributed by atoms with E-state index in [0.717, 1.165) is 24.3 Å². The summed E-state index contributed by atoms with van der Waals surface area (Å²) in [4.78, 5) is 0. The molecule has 0 nitrogen and oxygen atoms in total. The molecule has 1 atom stereocenters. The number of hydrogen-bond donors (Lipinski definition) is 0. The molecule has 100 valence electrons.